The Morgan fingerprint density at radius 3 is 1.82 bits per heavy atom. The number of Topliss-reactive ketones (excluding diaryl/α,β-unsaturated/α-hetero) is 1. The topological polar surface area (TPSA) is 130 Å². The molecule has 3 aliphatic heterocycles. The van der Waals surface area contributed by atoms with E-state index in [0.717, 1.165) is 21.2 Å². The number of rotatable bonds is 11. The predicted octanol–water partition coefficient (Wildman–Crippen LogP) is 7.33. The Morgan fingerprint density at radius 2 is 1.28 bits per heavy atom. The number of aromatic nitrogens is 1. The van der Waals surface area contributed by atoms with E-state index < -0.39 is 7.40 Å². The number of carbonyl (C=O) groups excluding carboxylic acids is 3. The molecule has 7 rings (SSSR count). The van der Waals surface area contributed by atoms with Crippen LogP contribution in [0.15, 0.2) is 95.6 Å². The highest BCUT2D eigenvalue weighted by atomic mass is 19.2. The van der Waals surface area contributed by atoms with Crippen LogP contribution in [0.4, 0.5) is 8.63 Å². The zero-order chi connectivity index (χ0) is 45.7. The summed E-state index contributed by atoms with van der Waals surface area (Å²) in [4.78, 5) is 46.1. The lowest BCUT2D eigenvalue weighted by Gasteiger charge is -2.24. The Morgan fingerprint density at radius 1 is 0.723 bits per heavy atom. The second-order valence-electron chi connectivity index (χ2n) is 15.8. The van der Waals surface area contributed by atoms with Crippen LogP contribution >= 0.6 is 0 Å². The molecule has 0 saturated carbocycles. The molecule has 0 aliphatic carbocycles. The number of unbranched alkanes of at least 4 members (excludes halogenated alkanes) is 1. The summed E-state index contributed by atoms with van der Waals surface area (Å²) >= 11 is 0. The van der Waals surface area contributed by atoms with Crippen molar-refractivity contribution in [3.63, 3.8) is 0 Å². The third-order valence-electron chi connectivity index (χ3n) is 11.3. The zero-order valence-corrected chi connectivity index (χ0v) is 37.2. The van der Waals surface area contributed by atoms with Crippen molar-refractivity contribution in [1.29, 1.82) is 0 Å². The van der Waals surface area contributed by atoms with Gasteiger partial charge in [-0.3, -0.25) is 27.9 Å². The van der Waals surface area contributed by atoms with Crippen LogP contribution in [-0.4, -0.2) is 137 Å². The Hall–Kier alpha value is -5.78. The Kier molecular flexibility index (Phi) is 16.6. The Labute approximate surface area is 378 Å². The predicted molar refractivity (Wildman–Crippen MR) is 244 cm³/mol. The van der Waals surface area contributed by atoms with Crippen molar-refractivity contribution in [3.05, 3.63) is 130 Å². The lowest BCUT2D eigenvalue weighted by Crippen LogP contribution is -2.35. The first-order chi connectivity index (χ1) is 31.6. The van der Waals surface area contributed by atoms with Crippen LogP contribution in [0.1, 0.15) is 73.2 Å². The number of hydrogen-bond acceptors (Lipinski definition) is 11. The minimum absolute atomic E-state index is 0.119. The number of carbonyl (C=O) groups is 3. The van der Waals surface area contributed by atoms with E-state index in [0.29, 0.717) is 144 Å². The van der Waals surface area contributed by atoms with Gasteiger partial charge >= 0.3 is 7.40 Å². The molecule has 2 amide bonds. The quantitative estimate of drug-likeness (QED) is 0.0654. The van der Waals surface area contributed by atoms with Crippen LogP contribution in [-0.2, 0) is 23.7 Å². The van der Waals surface area contributed by atoms with E-state index in [1.165, 1.54) is 11.8 Å². The van der Waals surface area contributed by atoms with Gasteiger partial charge in [-0.1, -0.05) is 36.4 Å². The second-order valence-corrected chi connectivity index (χ2v) is 15.8. The number of aryl methyl sites for hydroxylation is 2. The van der Waals surface area contributed by atoms with Crippen molar-refractivity contribution in [1.82, 2.24) is 14.3 Å². The number of hydrogen-bond donors (Lipinski definition) is 0. The van der Waals surface area contributed by atoms with Crippen LogP contribution in [0, 0.1) is 13.8 Å². The molecule has 0 bridgehead atoms. The number of amides is 2. The highest BCUT2D eigenvalue weighted by molar-refractivity contribution is 6.42. The molecule has 4 heterocycles. The van der Waals surface area contributed by atoms with Crippen molar-refractivity contribution in [2.24, 2.45) is 4.99 Å². The molecular formula is C49H55BF2N4O9. The maximum Gasteiger partial charge on any atom is 0.678 e. The van der Waals surface area contributed by atoms with Gasteiger partial charge in [0.25, 0.3) is 11.8 Å². The van der Waals surface area contributed by atoms with Gasteiger partial charge in [0.05, 0.1) is 89.5 Å². The van der Waals surface area contributed by atoms with Crippen molar-refractivity contribution in [3.8, 4) is 17.0 Å². The Bertz CT molecular complexity index is 2340. The summed E-state index contributed by atoms with van der Waals surface area (Å²) in [6, 6.07) is 20.6. The molecule has 3 aromatic carbocycles. The molecule has 65 heavy (non-hydrogen) atoms. The largest absolute Gasteiger partial charge is 0.678 e. The number of nitrogens with zero attached hydrogens (tertiary/aromatic N) is 4. The third-order valence-corrected chi connectivity index (χ3v) is 11.3. The molecule has 0 spiro atoms. The first-order valence-electron chi connectivity index (χ1n) is 22.1. The fraction of sp³-hybridized carbons (Fsp3) is 0.388. The first-order valence-corrected chi connectivity index (χ1v) is 22.1. The van der Waals surface area contributed by atoms with Gasteiger partial charge in [-0.2, -0.15) is 0 Å². The van der Waals surface area contributed by atoms with Crippen molar-refractivity contribution >= 4 is 36.4 Å². The molecule has 3 aliphatic rings. The van der Waals surface area contributed by atoms with Gasteiger partial charge in [0.15, 0.2) is 5.78 Å². The van der Waals surface area contributed by atoms with E-state index in [1.54, 1.807) is 60.7 Å². The number of amidine groups is 1. The molecule has 1 fully saturated rings. The van der Waals surface area contributed by atoms with E-state index in [1.807, 2.05) is 38.1 Å². The van der Waals surface area contributed by atoms with Crippen LogP contribution in [0.5, 0.6) is 5.75 Å². The average molecular weight is 893 g/mol. The maximum absolute atomic E-state index is 15.5. The lowest BCUT2D eigenvalue weighted by atomic mass is 9.91. The molecule has 0 unspecified atom stereocenters. The molecule has 4 aromatic rings. The van der Waals surface area contributed by atoms with Gasteiger partial charge in [0.2, 0.25) is 0 Å². The van der Waals surface area contributed by atoms with Crippen molar-refractivity contribution in [2.75, 3.05) is 92.3 Å². The molecule has 13 nitrogen and oxygen atoms in total. The number of halogens is 2. The van der Waals surface area contributed by atoms with E-state index in [2.05, 4.69) is 4.90 Å². The number of ketones is 1. The van der Waals surface area contributed by atoms with Crippen LogP contribution in [0.2, 0.25) is 0 Å². The number of imide groups is 1. The summed E-state index contributed by atoms with van der Waals surface area (Å²) in [5.41, 5.74) is 5.72. The molecule has 1 aromatic heterocycles. The van der Waals surface area contributed by atoms with Gasteiger partial charge in [0, 0.05) is 42.2 Å². The monoisotopic (exact) mass is 892 g/mol. The van der Waals surface area contributed by atoms with E-state index >= 15 is 8.63 Å². The molecule has 1 saturated heterocycles. The fourth-order valence-electron chi connectivity index (χ4n) is 8.11. The van der Waals surface area contributed by atoms with Crippen LogP contribution < -0.4 is 4.74 Å². The minimum atomic E-state index is -2.92. The minimum Gasteiger partial charge on any atom is -0.494 e. The zero-order valence-electron chi connectivity index (χ0n) is 37.2. The molecule has 0 atom stereocenters. The van der Waals surface area contributed by atoms with Crippen molar-refractivity contribution < 1.29 is 51.4 Å². The number of allylic oxidation sites excluding steroid dienone is 1. The smallest absolute Gasteiger partial charge is 0.494 e. The Balaban J connectivity index is 1.16. The van der Waals surface area contributed by atoms with Crippen LogP contribution in [0.25, 0.3) is 16.8 Å². The summed E-state index contributed by atoms with van der Waals surface area (Å²) < 4.78 is 66.8. The third kappa shape index (κ3) is 11.7. The summed E-state index contributed by atoms with van der Waals surface area (Å²) in [5, 5.41) is 0. The highest BCUT2D eigenvalue weighted by Crippen LogP contribution is 2.39. The summed E-state index contributed by atoms with van der Waals surface area (Å²) in [7, 11) is -2.92. The average Bonchev–Trinajstić information content (AvgIpc) is 4.02. The number of benzene rings is 3. The molecular weight excluding hydrogens is 837 g/mol. The van der Waals surface area contributed by atoms with Gasteiger partial charge < -0.3 is 37.8 Å². The molecule has 16 heteroatoms. The lowest BCUT2D eigenvalue weighted by molar-refractivity contribution is -0.0155. The molecule has 0 N–H and O–H groups in total. The standard InChI is InChI=1S/C49H55BF2N4O9/c1-34-32-39(65-21-7-6-18-55-48(58)40-8-4-5-9-41(40)49(55)59)33-35(2)46(34)47(44-16-15-43(56(44)50(51)52)38-12-10-37(11-13-38)36(3)57)42-14-17-45(53-42)54-19-22-60-24-26-62-28-30-64-31-29-63-27-25-61-23-20-54/h4-5,8-17,32-33H,6-7,18-31H2,1-3H3/b47-42+. The van der Waals surface area contributed by atoms with Gasteiger partial charge in [0.1, 0.15) is 11.6 Å². The number of fused-ring (bicyclic) bond motifs is 1. The summed E-state index contributed by atoms with van der Waals surface area (Å²) in [6.45, 7) is 11.2. The number of aliphatic imine (C=N–C) groups is 1. The van der Waals surface area contributed by atoms with Gasteiger partial charge in [-0.05, 0) is 104 Å². The van der Waals surface area contributed by atoms with E-state index in [9.17, 15) is 14.4 Å². The summed E-state index contributed by atoms with van der Waals surface area (Å²) in [6.07, 6.45) is 4.88. The summed E-state index contributed by atoms with van der Waals surface area (Å²) in [5.74, 6) is 0.549. The second kappa shape index (κ2) is 22.9. The first kappa shape index (κ1) is 47.2. The highest BCUT2D eigenvalue weighted by Gasteiger charge is 2.35. The number of ether oxygens (including phenoxy) is 6. The van der Waals surface area contributed by atoms with E-state index in [-0.39, 0.29) is 35.5 Å². The maximum atomic E-state index is 15.5. The molecule has 0 radical (unpaired) electrons. The van der Waals surface area contributed by atoms with Gasteiger partial charge in [-0.25, -0.2) is 4.99 Å². The van der Waals surface area contributed by atoms with Crippen LogP contribution in [0.3, 0.4) is 0 Å². The van der Waals surface area contributed by atoms with Gasteiger partial charge in [-0.15, -0.1) is 0 Å². The SMILES string of the molecule is CC(=O)c1ccc(-c2ccc(/C(=C3/C=CC(N4CCOCCOCCOCCOCCOCC4)=N3)c3c(C)cc(OCCCCN4C(=O)c5ccccc5C4=O)cc3C)n2B(F)F)cc1. The molecule has 342 valence electrons. The van der Waals surface area contributed by atoms with Crippen molar-refractivity contribution in [2.45, 2.75) is 33.6 Å². The van der Waals surface area contributed by atoms with E-state index in [4.69, 9.17) is 33.4 Å². The normalized spacial score (nSPS) is 17.7. The fourth-order valence-corrected chi connectivity index (χ4v) is 8.11.